The summed E-state index contributed by atoms with van der Waals surface area (Å²) in [5.74, 6) is 0.0183. The normalized spacial score (nSPS) is 15.9. The van der Waals surface area contributed by atoms with Crippen molar-refractivity contribution < 1.29 is 14.6 Å². The van der Waals surface area contributed by atoms with Crippen LogP contribution in [0.1, 0.15) is 12.5 Å². The van der Waals surface area contributed by atoms with Crippen LogP contribution in [0.2, 0.25) is 5.02 Å². The zero-order valence-electron chi connectivity index (χ0n) is 15.7. The van der Waals surface area contributed by atoms with E-state index in [1.54, 1.807) is 12.1 Å². The standard InChI is InChI=1S/C20H23ClN4O3/c1-15(20(26)22-14-16-5-3-2-4-6-16)23-9-11-24(12-10-23)18-8-7-17(21)13-19(18)25(27)28/h2-8,13,15H,9-12,14H2,1H3,(H,22,26)/p+1/t15-/m0/s1. The number of rotatable bonds is 6. The number of benzene rings is 2. The first-order valence-electron chi connectivity index (χ1n) is 9.31. The van der Waals surface area contributed by atoms with Gasteiger partial charge in [0.1, 0.15) is 5.69 Å². The van der Waals surface area contributed by atoms with E-state index in [1.807, 2.05) is 42.2 Å². The first-order chi connectivity index (χ1) is 13.5. The lowest BCUT2D eigenvalue weighted by molar-refractivity contribution is -0.914. The van der Waals surface area contributed by atoms with Crippen molar-refractivity contribution in [2.75, 3.05) is 31.1 Å². The van der Waals surface area contributed by atoms with Crippen LogP contribution < -0.4 is 15.1 Å². The topological polar surface area (TPSA) is 79.9 Å². The van der Waals surface area contributed by atoms with Gasteiger partial charge in [-0.2, -0.15) is 0 Å². The molecule has 1 fully saturated rings. The van der Waals surface area contributed by atoms with E-state index >= 15 is 0 Å². The van der Waals surface area contributed by atoms with Crippen LogP contribution in [0.3, 0.4) is 0 Å². The van der Waals surface area contributed by atoms with Crippen molar-refractivity contribution in [3.8, 4) is 0 Å². The van der Waals surface area contributed by atoms with Crippen molar-refractivity contribution in [1.29, 1.82) is 0 Å². The third-order valence-corrected chi connectivity index (χ3v) is 5.43. The number of carbonyl (C=O) groups is 1. The molecular formula is C20H24ClN4O3+. The van der Waals surface area contributed by atoms with Gasteiger partial charge in [0.2, 0.25) is 0 Å². The zero-order valence-corrected chi connectivity index (χ0v) is 16.5. The van der Waals surface area contributed by atoms with E-state index < -0.39 is 4.92 Å². The van der Waals surface area contributed by atoms with Crippen LogP contribution in [0.25, 0.3) is 0 Å². The molecule has 1 saturated heterocycles. The predicted octanol–water partition coefficient (Wildman–Crippen LogP) is 1.66. The Morgan fingerprint density at radius 3 is 2.57 bits per heavy atom. The van der Waals surface area contributed by atoms with E-state index in [0.717, 1.165) is 18.7 Å². The van der Waals surface area contributed by atoms with Crippen LogP contribution in [0.4, 0.5) is 11.4 Å². The number of nitrogens with zero attached hydrogens (tertiary/aromatic N) is 2. The van der Waals surface area contributed by atoms with Crippen LogP contribution in [0, 0.1) is 10.1 Å². The molecule has 0 aliphatic carbocycles. The Morgan fingerprint density at radius 2 is 1.93 bits per heavy atom. The van der Waals surface area contributed by atoms with Gasteiger partial charge in [0.05, 0.1) is 31.1 Å². The number of anilines is 1. The molecule has 2 aromatic carbocycles. The minimum Gasteiger partial charge on any atom is -0.355 e. The summed E-state index contributed by atoms with van der Waals surface area (Å²) < 4.78 is 0. The highest BCUT2D eigenvalue weighted by Gasteiger charge is 2.31. The summed E-state index contributed by atoms with van der Waals surface area (Å²) in [6.45, 7) is 5.21. The molecule has 28 heavy (non-hydrogen) atoms. The number of carbonyl (C=O) groups excluding carboxylic acids is 1. The Bertz CT molecular complexity index is 839. The third-order valence-electron chi connectivity index (χ3n) is 5.20. The molecule has 0 radical (unpaired) electrons. The van der Waals surface area contributed by atoms with E-state index in [-0.39, 0.29) is 17.6 Å². The van der Waals surface area contributed by atoms with Crippen molar-refractivity contribution >= 4 is 28.9 Å². The van der Waals surface area contributed by atoms with E-state index in [2.05, 4.69) is 5.32 Å². The molecule has 1 amide bonds. The maximum atomic E-state index is 12.5. The smallest absolute Gasteiger partial charge is 0.294 e. The SMILES string of the molecule is C[C@@H](C(=O)NCc1ccccc1)[NH+]1CCN(c2ccc(Cl)cc2[N+](=O)[O-])CC1. The molecule has 0 aromatic heterocycles. The lowest BCUT2D eigenvalue weighted by atomic mass is 10.1. The number of halogens is 1. The Hall–Kier alpha value is -2.64. The number of nitro benzene ring substituents is 1. The van der Waals surface area contributed by atoms with E-state index in [4.69, 9.17) is 11.6 Å². The lowest BCUT2D eigenvalue weighted by Gasteiger charge is -2.35. The molecule has 1 heterocycles. The summed E-state index contributed by atoms with van der Waals surface area (Å²) in [6.07, 6.45) is 0. The second-order valence-electron chi connectivity index (χ2n) is 6.96. The monoisotopic (exact) mass is 403 g/mol. The molecule has 0 unspecified atom stereocenters. The van der Waals surface area contributed by atoms with Crippen molar-refractivity contribution in [3.05, 3.63) is 69.2 Å². The van der Waals surface area contributed by atoms with Gasteiger partial charge in [0.15, 0.2) is 6.04 Å². The third kappa shape index (κ3) is 4.79. The average Bonchev–Trinajstić information content (AvgIpc) is 2.72. The number of nitrogens with one attached hydrogen (secondary N) is 2. The molecule has 0 saturated carbocycles. The second-order valence-corrected chi connectivity index (χ2v) is 7.40. The van der Waals surface area contributed by atoms with Crippen LogP contribution in [0.15, 0.2) is 48.5 Å². The average molecular weight is 404 g/mol. The summed E-state index contributed by atoms with van der Waals surface area (Å²) in [5.41, 5.74) is 1.66. The first-order valence-corrected chi connectivity index (χ1v) is 9.68. The Kier molecular flexibility index (Phi) is 6.49. The molecule has 0 bridgehead atoms. The summed E-state index contributed by atoms with van der Waals surface area (Å²) >= 11 is 5.90. The second kappa shape index (κ2) is 9.03. The fourth-order valence-corrected chi connectivity index (χ4v) is 3.67. The van der Waals surface area contributed by atoms with Gasteiger partial charge in [0, 0.05) is 17.6 Å². The molecule has 0 spiro atoms. The Morgan fingerprint density at radius 1 is 1.25 bits per heavy atom. The van der Waals surface area contributed by atoms with Crippen molar-refractivity contribution in [1.82, 2.24) is 5.32 Å². The number of quaternary nitrogens is 1. The van der Waals surface area contributed by atoms with Crippen molar-refractivity contribution in [3.63, 3.8) is 0 Å². The van der Waals surface area contributed by atoms with Crippen LogP contribution in [0.5, 0.6) is 0 Å². The molecule has 1 atom stereocenters. The van der Waals surface area contributed by atoms with Gasteiger partial charge in [0.25, 0.3) is 11.6 Å². The van der Waals surface area contributed by atoms with Gasteiger partial charge >= 0.3 is 0 Å². The zero-order chi connectivity index (χ0) is 20.1. The van der Waals surface area contributed by atoms with Gasteiger partial charge in [-0.1, -0.05) is 41.9 Å². The maximum absolute atomic E-state index is 12.5. The minimum atomic E-state index is -0.403. The molecule has 3 rings (SSSR count). The van der Waals surface area contributed by atoms with Gasteiger partial charge in [-0.25, -0.2) is 0 Å². The number of hydrogen-bond donors (Lipinski definition) is 2. The largest absolute Gasteiger partial charge is 0.355 e. The fraction of sp³-hybridized carbons (Fsp3) is 0.350. The van der Waals surface area contributed by atoms with E-state index in [1.165, 1.54) is 11.0 Å². The van der Waals surface area contributed by atoms with Gasteiger partial charge in [-0.15, -0.1) is 0 Å². The summed E-state index contributed by atoms with van der Waals surface area (Å²) in [5, 5.41) is 14.7. The summed E-state index contributed by atoms with van der Waals surface area (Å²) in [4.78, 5) is 26.6. The van der Waals surface area contributed by atoms with Gasteiger partial charge < -0.3 is 15.1 Å². The molecule has 2 N–H and O–H groups in total. The molecule has 148 valence electrons. The predicted molar refractivity (Wildman–Crippen MR) is 109 cm³/mol. The van der Waals surface area contributed by atoms with Crippen LogP contribution in [-0.2, 0) is 11.3 Å². The maximum Gasteiger partial charge on any atom is 0.294 e. The number of hydrogen-bond acceptors (Lipinski definition) is 4. The van der Waals surface area contributed by atoms with E-state index in [9.17, 15) is 14.9 Å². The quantitative estimate of drug-likeness (QED) is 0.568. The summed E-state index contributed by atoms with van der Waals surface area (Å²) in [7, 11) is 0. The first kappa shape index (κ1) is 20.1. The van der Waals surface area contributed by atoms with Gasteiger partial charge in [-0.3, -0.25) is 14.9 Å². The molecule has 1 aliphatic rings. The number of piperazine rings is 1. The molecule has 1 aliphatic heterocycles. The fourth-order valence-electron chi connectivity index (χ4n) is 3.50. The Balaban J connectivity index is 1.56. The molecular weight excluding hydrogens is 380 g/mol. The van der Waals surface area contributed by atoms with Gasteiger partial charge in [-0.05, 0) is 24.6 Å². The van der Waals surface area contributed by atoms with Crippen molar-refractivity contribution in [2.24, 2.45) is 0 Å². The highest BCUT2D eigenvalue weighted by molar-refractivity contribution is 6.30. The van der Waals surface area contributed by atoms with Crippen molar-refractivity contribution in [2.45, 2.75) is 19.5 Å². The number of nitro groups is 1. The molecule has 7 nitrogen and oxygen atoms in total. The number of amides is 1. The van der Waals surface area contributed by atoms with E-state index in [0.29, 0.717) is 30.3 Å². The Labute approximate surface area is 169 Å². The molecule has 2 aromatic rings. The van der Waals surface area contributed by atoms with Crippen LogP contribution >= 0.6 is 11.6 Å². The molecule has 8 heteroatoms. The lowest BCUT2D eigenvalue weighted by Crippen LogP contribution is -3.19. The highest BCUT2D eigenvalue weighted by Crippen LogP contribution is 2.30. The van der Waals surface area contributed by atoms with Crippen LogP contribution in [-0.4, -0.2) is 43.1 Å². The minimum absolute atomic E-state index is 0.0182. The summed E-state index contributed by atoms with van der Waals surface area (Å²) in [6, 6.07) is 14.4. The highest BCUT2D eigenvalue weighted by atomic mass is 35.5.